The summed E-state index contributed by atoms with van der Waals surface area (Å²) < 4.78 is 0. The lowest BCUT2D eigenvalue weighted by atomic mass is 9.71. The normalized spacial score (nSPS) is 24.1. The predicted molar refractivity (Wildman–Crippen MR) is 96.9 cm³/mol. The number of nitrogens with zero attached hydrogens (tertiary/aromatic N) is 1. The first-order valence-corrected chi connectivity index (χ1v) is 9.40. The van der Waals surface area contributed by atoms with Gasteiger partial charge >= 0.3 is 0 Å². The number of carbonyl (C=O) groups is 2. The van der Waals surface area contributed by atoms with Gasteiger partial charge in [0.15, 0.2) is 0 Å². The third kappa shape index (κ3) is 4.85. The molecule has 2 aliphatic carbocycles. The Morgan fingerprint density at radius 1 is 1.04 bits per heavy atom. The maximum Gasteiger partial charge on any atom is 0.225 e. The zero-order chi connectivity index (χ0) is 16.3. The first kappa shape index (κ1) is 19.5. The fourth-order valence-electron chi connectivity index (χ4n) is 4.21. The van der Waals surface area contributed by atoms with E-state index in [-0.39, 0.29) is 29.8 Å². The first-order chi connectivity index (χ1) is 11.1. The van der Waals surface area contributed by atoms with Gasteiger partial charge < -0.3 is 16.0 Å². The molecule has 0 radical (unpaired) electrons. The number of hydrogen-bond donors (Lipinski definition) is 2. The van der Waals surface area contributed by atoms with E-state index in [4.69, 9.17) is 5.73 Å². The number of hydrogen-bond acceptors (Lipinski definition) is 3. The molecule has 138 valence electrons. The van der Waals surface area contributed by atoms with Gasteiger partial charge in [-0.3, -0.25) is 9.59 Å². The van der Waals surface area contributed by atoms with Gasteiger partial charge in [0.05, 0.1) is 0 Å². The Bertz CT molecular complexity index is 440. The van der Waals surface area contributed by atoms with Crippen LogP contribution in [0.25, 0.3) is 0 Å². The molecule has 0 bridgehead atoms. The molecular formula is C18H32ClN3O2. The highest BCUT2D eigenvalue weighted by Crippen LogP contribution is 2.38. The molecule has 1 heterocycles. The van der Waals surface area contributed by atoms with E-state index in [1.54, 1.807) is 0 Å². The van der Waals surface area contributed by atoms with Crippen molar-refractivity contribution in [3.05, 3.63) is 0 Å². The van der Waals surface area contributed by atoms with Crippen molar-refractivity contribution in [2.24, 2.45) is 17.1 Å². The maximum absolute atomic E-state index is 12.4. The summed E-state index contributed by atoms with van der Waals surface area (Å²) in [4.78, 5) is 26.5. The second kappa shape index (κ2) is 8.52. The van der Waals surface area contributed by atoms with Gasteiger partial charge in [-0.1, -0.05) is 19.3 Å². The van der Waals surface area contributed by atoms with E-state index in [0.29, 0.717) is 24.8 Å². The van der Waals surface area contributed by atoms with Crippen molar-refractivity contribution in [3.8, 4) is 0 Å². The van der Waals surface area contributed by atoms with Crippen molar-refractivity contribution in [1.82, 2.24) is 10.2 Å². The average molecular weight is 358 g/mol. The van der Waals surface area contributed by atoms with Crippen LogP contribution in [0.3, 0.4) is 0 Å². The summed E-state index contributed by atoms with van der Waals surface area (Å²) in [6.07, 6.45) is 10.3. The Balaban J connectivity index is 0.00000208. The quantitative estimate of drug-likeness (QED) is 0.792. The molecular weight excluding hydrogens is 326 g/mol. The average Bonchev–Trinajstić information content (AvgIpc) is 3.40. The summed E-state index contributed by atoms with van der Waals surface area (Å²) in [5.74, 6) is 0.792. The Hall–Kier alpha value is -0.810. The number of carbonyl (C=O) groups excluding carboxylic acids is 2. The second-order valence-corrected chi connectivity index (χ2v) is 7.88. The number of nitrogens with two attached hydrogens (primary N) is 1. The van der Waals surface area contributed by atoms with Gasteiger partial charge in [-0.05, 0) is 50.5 Å². The van der Waals surface area contributed by atoms with Crippen molar-refractivity contribution in [1.29, 1.82) is 0 Å². The molecule has 6 heteroatoms. The Labute approximate surface area is 151 Å². The van der Waals surface area contributed by atoms with Gasteiger partial charge in [0, 0.05) is 31.5 Å². The van der Waals surface area contributed by atoms with E-state index in [9.17, 15) is 9.59 Å². The first-order valence-electron chi connectivity index (χ1n) is 9.40. The van der Waals surface area contributed by atoms with Gasteiger partial charge in [-0.15, -0.1) is 12.4 Å². The molecule has 3 N–H and O–H groups in total. The molecule has 3 rings (SSSR count). The maximum atomic E-state index is 12.4. The van der Waals surface area contributed by atoms with Crippen molar-refractivity contribution < 1.29 is 9.59 Å². The van der Waals surface area contributed by atoms with Crippen LogP contribution in [0, 0.1) is 11.3 Å². The summed E-state index contributed by atoms with van der Waals surface area (Å²) in [5, 5.41) is 3.20. The van der Waals surface area contributed by atoms with Crippen LogP contribution >= 0.6 is 12.4 Å². The van der Waals surface area contributed by atoms with Gasteiger partial charge in [0.25, 0.3) is 0 Å². The van der Waals surface area contributed by atoms with Gasteiger partial charge in [0.2, 0.25) is 11.8 Å². The number of amides is 2. The number of rotatable bonds is 5. The second-order valence-electron chi connectivity index (χ2n) is 7.88. The van der Waals surface area contributed by atoms with Gasteiger partial charge in [-0.25, -0.2) is 0 Å². The van der Waals surface area contributed by atoms with Crippen LogP contribution in [0.1, 0.15) is 64.2 Å². The molecule has 0 aromatic carbocycles. The number of halogens is 1. The Morgan fingerprint density at radius 3 is 2.21 bits per heavy atom. The smallest absolute Gasteiger partial charge is 0.225 e. The van der Waals surface area contributed by atoms with Gasteiger partial charge in [-0.2, -0.15) is 0 Å². The monoisotopic (exact) mass is 357 g/mol. The van der Waals surface area contributed by atoms with E-state index in [1.807, 2.05) is 4.90 Å². The molecule has 2 amide bonds. The van der Waals surface area contributed by atoms with E-state index in [0.717, 1.165) is 51.6 Å². The lowest BCUT2D eigenvalue weighted by Gasteiger charge is -2.37. The molecule has 0 unspecified atom stereocenters. The van der Waals surface area contributed by atoms with Crippen molar-refractivity contribution >= 4 is 24.2 Å². The molecule has 0 aromatic rings. The van der Waals surface area contributed by atoms with E-state index >= 15 is 0 Å². The Morgan fingerprint density at radius 2 is 1.67 bits per heavy atom. The summed E-state index contributed by atoms with van der Waals surface area (Å²) in [7, 11) is 0. The molecule has 2 saturated carbocycles. The van der Waals surface area contributed by atoms with Crippen LogP contribution in [0.2, 0.25) is 0 Å². The highest BCUT2D eigenvalue weighted by atomic mass is 35.5. The largest absolute Gasteiger partial charge is 0.353 e. The highest BCUT2D eigenvalue weighted by molar-refractivity contribution is 5.85. The van der Waals surface area contributed by atoms with Crippen molar-refractivity contribution in [2.75, 3.05) is 19.6 Å². The third-order valence-corrected chi connectivity index (χ3v) is 5.98. The molecule has 24 heavy (non-hydrogen) atoms. The molecule has 1 saturated heterocycles. The van der Waals surface area contributed by atoms with Gasteiger partial charge in [0.1, 0.15) is 0 Å². The van der Waals surface area contributed by atoms with Crippen LogP contribution in [-0.4, -0.2) is 42.4 Å². The highest BCUT2D eigenvalue weighted by Gasteiger charge is 2.36. The molecule has 3 aliphatic rings. The van der Waals surface area contributed by atoms with E-state index < -0.39 is 0 Å². The van der Waals surface area contributed by atoms with Crippen molar-refractivity contribution in [3.63, 3.8) is 0 Å². The number of likely N-dealkylation sites (tertiary alicyclic amines) is 1. The summed E-state index contributed by atoms with van der Waals surface area (Å²) in [6.45, 7) is 2.21. The molecule has 5 nitrogen and oxygen atoms in total. The topological polar surface area (TPSA) is 75.4 Å². The molecule has 1 aliphatic heterocycles. The summed E-state index contributed by atoms with van der Waals surface area (Å²) >= 11 is 0. The number of nitrogens with one attached hydrogen (secondary N) is 1. The fraction of sp³-hybridized carbons (Fsp3) is 0.889. The Kier molecular flexibility index (Phi) is 6.93. The minimum atomic E-state index is 0. The molecule has 0 spiro atoms. The molecule has 0 aromatic heterocycles. The SMILES string of the molecule is Cl.NCC1(CC(=O)NC2CCN(C(=O)C3CC3)CC2)CCCCC1. The van der Waals surface area contributed by atoms with Crippen LogP contribution in [0.4, 0.5) is 0 Å². The van der Waals surface area contributed by atoms with E-state index in [1.165, 1.54) is 19.3 Å². The zero-order valence-corrected chi connectivity index (χ0v) is 15.4. The minimum absolute atomic E-state index is 0. The third-order valence-electron chi connectivity index (χ3n) is 5.98. The standard InChI is InChI=1S/C18H31N3O2.ClH/c19-13-18(8-2-1-3-9-18)12-16(22)20-15-6-10-21(11-7-15)17(23)14-4-5-14;/h14-15H,1-13,19H2,(H,20,22);1H. The number of piperidine rings is 1. The molecule has 3 fully saturated rings. The fourth-order valence-corrected chi connectivity index (χ4v) is 4.21. The minimum Gasteiger partial charge on any atom is -0.353 e. The zero-order valence-electron chi connectivity index (χ0n) is 14.6. The summed E-state index contributed by atoms with van der Waals surface area (Å²) in [6, 6.07) is 0.226. The lowest BCUT2D eigenvalue weighted by Crippen LogP contribution is -2.48. The van der Waals surface area contributed by atoms with E-state index in [2.05, 4.69) is 5.32 Å². The lowest BCUT2D eigenvalue weighted by molar-refractivity contribution is -0.133. The van der Waals surface area contributed by atoms with Crippen LogP contribution in [0.5, 0.6) is 0 Å². The van der Waals surface area contributed by atoms with Crippen LogP contribution in [-0.2, 0) is 9.59 Å². The summed E-state index contributed by atoms with van der Waals surface area (Å²) in [5.41, 5.74) is 6.01. The predicted octanol–water partition coefficient (Wildman–Crippen LogP) is 2.22. The van der Waals surface area contributed by atoms with Crippen LogP contribution in [0.15, 0.2) is 0 Å². The molecule has 0 atom stereocenters. The van der Waals surface area contributed by atoms with Crippen LogP contribution < -0.4 is 11.1 Å². The van der Waals surface area contributed by atoms with Crippen molar-refractivity contribution in [2.45, 2.75) is 70.3 Å².